The average molecular weight is 262 g/mol. The van der Waals surface area contributed by atoms with Crippen molar-refractivity contribution in [1.29, 1.82) is 0 Å². The lowest BCUT2D eigenvalue weighted by molar-refractivity contribution is -0.120. The van der Waals surface area contributed by atoms with Crippen LogP contribution < -0.4 is 10.6 Å². The van der Waals surface area contributed by atoms with Crippen molar-refractivity contribution in [1.82, 2.24) is 0 Å². The van der Waals surface area contributed by atoms with Gasteiger partial charge in [0.15, 0.2) is 0 Å². The number of carbonyl (C=O) groups is 1. The van der Waals surface area contributed by atoms with Gasteiger partial charge in [0, 0.05) is 29.3 Å². The maximum Gasteiger partial charge on any atom is 0.228 e. The van der Waals surface area contributed by atoms with Gasteiger partial charge in [-0.05, 0) is 37.6 Å². The standard InChI is InChI=1S/C14H20N2O.C2H6/c1-9(2)16-12-6-5-10(15)7-11(12)14(3,4)8-13(16)17;1-2/h5-7,9H,8,15H2,1-4H3;1-2H3. The van der Waals surface area contributed by atoms with Gasteiger partial charge in [-0.1, -0.05) is 27.7 Å². The second-order valence-corrected chi connectivity index (χ2v) is 5.69. The number of anilines is 2. The summed E-state index contributed by atoms with van der Waals surface area (Å²) in [6, 6.07) is 6.00. The largest absolute Gasteiger partial charge is 0.399 e. The molecule has 0 fully saturated rings. The van der Waals surface area contributed by atoms with Crippen molar-refractivity contribution in [3.8, 4) is 0 Å². The SMILES string of the molecule is CC.CC(C)N1C(=O)CC(C)(C)c2cc(N)ccc21. The van der Waals surface area contributed by atoms with E-state index in [0.29, 0.717) is 6.42 Å². The number of nitrogens with two attached hydrogens (primary N) is 1. The van der Waals surface area contributed by atoms with E-state index in [9.17, 15) is 4.79 Å². The number of rotatable bonds is 1. The van der Waals surface area contributed by atoms with E-state index in [1.54, 1.807) is 0 Å². The molecule has 0 aromatic heterocycles. The van der Waals surface area contributed by atoms with Crippen LogP contribution in [0.1, 0.15) is 53.5 Å². The molecule has 1 aliphatic rings. The maximum atomic E-state index is 12.2. The topological polar surface area (TPSA) is 46.3 Å². The number of hydrogen-bond donors (Lipinski definition) is 1. The molecule has 19 heavy (non-hydrogen) atoms. The molecule has 0 spiro atoms. The molecule has 0 saturated carbocycles. The molecule has 3 heteroatoms. The molecule has 1 amide bonds. The molecule has 0 unspecified atom stereocenters. The van der Waals surface area contributed by atoms with Gasteiger partial charge in [0.1, 0.15) is 0 Å². The summed E-state index contributed by atoms with van der Waals surface area (Å²) in [5.74, 6) is 0.197. The number of carbonyl (C=O) groups excluding carboxylic acids is 1. The van der Waals surface area contributed by atoms with Crippen molar-refractivity contribution in [2.45, 2.75) is 59.4 Å². The lowest BCUT2D eigenvalue weighted by atomic mass is 9.77. The normalized spacial score (nSPS) is 16.8. The molecule has 1 aromatic rings. The molecule has 0 atom stereocenters. The summed E-state index contributed by atoms with van der Waals surface area (Å²) < 4.78 is 0. The number of nitrogens with zero attached hydrogens (tertiary/aromatic N) is 1. The Balaban J connectivity index is 0.000000861. The van der Waals surface area contributed by atoms with E-state index in [2.05, 4.69) is 13.8 Å². The highest BCUT2D eigenvalue weighted by Gasteiger charge is 2.37. The van der Waals surface area contributed by atoms with Gasteiger partial charge in [0.2, 0.25) is 5.91 Å². The number of benzene rings is 1. The molecule has 1 aliphatic heterocycles. The number of fused-ring (bicyclic) bond motifs is 1. The summed E-state index contributed by atoms with van der Waals surface area (Å²) >= 11 is 0. The second kappa shape index (κ2) is 5.64. The Morgan fingerprint density at radius 2 is 1.84 bits per heavy atom. The number of hydrogen-bond acceptors (Lipinski definition) is 2. The van der Waals surface area contributed by atoms with Crippen LogP contribution in [0.15, 0.2) is 18.2 Å². The molecule has 0 saturated heterocycles. The first-order chi connectivity index (χ1) is 8.83. The third kappa shape index (κ3) is 2.91. The van der Waals surface area contributed by atoms with Gasteiger partial charge in [0.25, 0.3) is 0 Å². The van der Waals surface area contributed by atoms with Gasteiger partial charge in [-0.2, -0.15) is 0 Å². The average Bonchev–Trinajstić information content (AvgIpc) is 2.31. The Morgan fingerprint density at radius 1 is 1.26 bits per heavy atom. The van der Waals surface area contributed by atoms with E-state index in [1.165, 1.54) is 5.56 Å². The van der Waals surface area contributed by atoms with Gasteiger partial charge in [-0.25, -0.2) is 0 Å². The van der Waals surface area contributed by atoms with Crippen LogP contribution in [0.25, 0.3) is 0 Å². The summed E-state index contributed by atoms with van der Waals surface area (Å²) in [7, 11) is 0. The molecule has 0 radical (unpaired) electrons. The molecule has 2 rings (SSSR count). The molecular formula is C16H26N2O. The predicted molar refractivity (Wildman–Crippen MR) is 82.5 cm³/mol. The number of amides is 1. The van der Waals surface area contributed by atoms with E-state index in [-0.39, 0.29) is 17.4 Å². The zero-order valence-electron chi connectivity index (χ0n) is 12.9. The first-order valence-electron chi connectivity index (χ1n) is 7.05. The Labute approximate surface area is 116 Å². The van der Waals surface area contributed by atoms with Gasteiger partial charge < -0.3 is 10.6 Å². The predicted octanol–water partition coefficient (Wildman–Crippen LogP) is 3.72. The molecular weight excluding hydrogens is 236 g/mol. The lowest BCUT2D eigenvalue weighted by Gasteiger charge is -2.40. The molecule has 2 N–H and O–H groups in total. The summed E-state index contributed by atoms with van der Waals surface area (Å²) in [5.41, 5.74) is 8.66. The Morgan fingerprint density at radius 3 is 2.37 bits per heavy atom. The molecule has 1 heterocycles. The fourth-order valence-electron chi connectivity index (χ4n) is 2.56. The minimum absolute atomic E-state index is 0.132. The third-order valence-electron chi connectivity index (χ3n) is 3.39. The summed E-state index contributed by atoms with van der Waals surface area (Å²) in [6.45, 7) is 12.3. The van der Waals surface area contributed by atoms with Crippen molar-refractivity contribution in [2.75, 3.05) is 10.6 Å². The Kier molecular flexibility index (Phi) is 4.61. The van der Waals surface area contributed by atoms with Gasteiger partial charge in [-0.3, -0.25) is 4.79 Å². The smallest absolute Gasteiger partial charge is 0.228 e. The van der Waals surface area contributed by atoms with Gasteiger partial charge in [0.05, 0.1) is 0 Å². The summed E-state index contributed by atoms with van der Waals surface area (Å²) in [4.78, 5) is 14.1. The Hall–Kier alpha value is -1.51. The van der Waals surface area contributed by atoms with Gasteiger partial charge >= 0.3 is 0 Å². The molecule has 106 valence electrons. The highest BCUT2D eigenvalue weighted by Crippen LogP contribution is 2.41. The van der Waals surface area contributed by atoms with E-state index in [4.69, 9.17) is 5.73 Å². The van der Waals surface area contributed by atoms with Crippen molar-refractivity contribution < 1.29 is 4.79 Å². The highest BCUT2D eigenvalue weighted by atomic mass is 16.2. The van der Waals surface area contributed by atoms with Crippen LogP contribution >= 0.6 is 0 Å². The monoisotopic (exact) mass is 262 g/mol. The first kappa shape index (κ1) is 15.5. The van der Waals surface area contributed by atoms with Crippen LogP contribution in [0.3, 0.4) is 0 Å². The van der Waals surface area contributed by atoms with Crippen molar-refractivity contribution >= 4 is 17.3 Å². The second-order valence-electron chi connectivity index (χ2n) is 5.69. The van der Waals surface area contributed by atoms with Crippen LogP contribution in [0, 0.1) is 0 Å². The Bertz CT molecular complexity index is 464. The van der Waals surface area contributed by atoms with Crippen LogP contribution in [0.2, 0.25) is 0 Å². The number of nitrogen functional groups attached to an aromatic ring is 1. The summed E-state index contributed by atoms with van der Waals surface area (Å²) in [5, 5.41) is 0. The highest BCUT2D eigenvalue weighted by molar-refractivity contribution is 5.98. The zero-order valence-corrected chi connectivity index (χ0v) is 12.9. The molecule has 0 bridgehead atoms. The summed E-state index contributed by atoms with van der Waals surface area (Å²) in [6.07, 6.45) is 0.543. The van der Waals surface area contributed by atoms with Crippen LogP contribution in [0.4, 0.5) is 11.4 Å². The van der Waals surface area contributed by atoms with Crippen molar-refractivity contribution in [3.63, 3.8) is 0 Å². The van der Waals surface area contributed by atoms with Crippen LogP contribution in [-0.2, 0) is 10.2 Å². The molecule has 1 aromatic carbocycles. The van der Waals surface area contributed by atoms with E-state index >= 15 is 0 Å². The van der Waals surface area contributed by atoms with Crippen LogP contribution in [0.5, 0.6) is 0 Å². The van der Waals surface area contributed by atoms with Crippen LogP contribution in [-0.4, -0.2) is 11.9 Å². The van der Waals surface area contributed by atoms with E-state index < -0.39 is 0 Å². The third-order valence-corrected chi connectivity index (χ3v) is 3.39. The van der Waals surface area contributed by atoms with Gasteiger partial charge in [-0.15, -0.1) is 0 Å². The maximum absolute atomic E-state index is 12.2. The minimum Gasteiger partial charge on any atom is -0.399 e. The lowest BCUT2D eigenvalue weighted by Crippen LogP contribution is -2.45. The fraction of sp³-hybridized carbons (Fsp3) is 0.562. The quantitative estimate of drug-likeness (QED) is 0.784. The first-order valence-corrected chi connectivity index (χ1v) is 7.05. The van der Waals surface area contributed by atoms with E-state index in [0.717, 1.165) is 11.4 Å². The van der Waals surface area contributed by atoms with Crippen molar-refractivity contribution in [3.05, 3.63) is 23.8 Å². The van der Waals surface area contributed by atoms with Crippen molar-refractivity contribution in [2.24, 2.45) is 0 Å². The molecule has 3 nitrogen and oxygen atoms in total. The molecule has 0 aliphatic carbocycles. The zero-order chi connectivity index (χ0) is 14.8. The van der Waals surface area contributed by atoms with E-state index in [1.807, 2.05) is 50.8 Å². The minimum atomic E-state index is -0.132. The fourth-order valence-corrected chi connectivity index (χ4v) is 2.56.